The number of piperidine rings is 1. The van der Waals surface area contributed by atoms with E-state index in [9.17, 15) is 4.79 Å². The minimum absolute atomic E-state index is 0.190. The number of nitrogens with two attached hydrogens (primary N) is 1. The smallest absolute Gasteiger partial charge is 0.407 e. The van der Waals surface area contributed by atoms with Gasteiger partial charge in [-0.05, 0) is 48.6 Å². The molecule has 0 unspecified atom stereocenters. The molecule has 0 radical (unpaired) electrons. The summed E-state index contributed by atoms with van der Waals surface area (Å²) in [5, 5.41) is 13.2. The molecule has 8 heteroatoms. The topological polar surface area (TPSA) is 100.0 Å². The van der Waals surface area contributed by atoms with Crippen molar-refractivity contribution in [2.75, 3.05) is 36.8 Å². The van der Waals surface area contributed by atoms with Crippen molar-refractivity contribution in [3.8, 4) is 0 Å². The molecule has 2 saturated heterocycles. The largest absolute Gasteiger partial charge is 0.465 e. The first kappa shape index (κ1) is 17.9. The minimum atomic E-state index is -0.790. The maximum absolute atomic E-state index is 11.0. The Morgan fingerprint density at radius 3 is 2.67 bits per heavy atom. The van der Waals surface area contributed by atoms with Gasteiger partial charge in [0.25, 0.3) is 0 Å². The van der Waals surface area contributed by atoms with E-state index in [0.29, 0.717) is 30.9 Å². The molecular formula is C19H28N6O2. The fraction of sp³-hybridized carbons (Fsp3) is 0.632. The third-order valence-corrected chi connectivity index (χ3v) is 6.38. The van der Waals surface area contributed by atoms with Crippen LogP contribution in [-0.2, 0) is 0 Å². The Hall–Kier alpha value is -2.51. The van der Waals surface area contributed by atoms with E-state index in [-0.39, 0.29) is 5.41 Å². The monoisotopic (exact) mass is 372 g/mol. The van der Waals surface area contributed by atoms with Crippen LogP contribution >= 0.6 is 0 Å². The molecule has 2 aliphatic rings. The van der Waals surface area contributed by atoms with Crippen LogP contribution in [0.2, 0.25) is 0 Å². The molecule has 146 valence electrons. The number of amides is 1. The second-order valence-electron chi connectivity index (χ2n) is 8.67. The fourth-order valence-corrected chi connectivity index (χ4v) is 4.51. The molecule has 0 saturated carbocycles. The number of likely N-dealkylation sites (tertiary alicyclic amines) is 1. The summed E-state index contributed by atoms with van der Waals surface area (Å²) in [4.78, 5) is 19.1. The molecule has 8 nitrogen and oxygen atoms in total. The zero-order valence-corrected chi connectivity index (χ0v) is 16.0. The third kappa shape index (κ3) is 3.52. The van der Waals surface area contributed by atoms with Gasteiger partial charge in [0.1, 0.15) is 0 Å². The van der Waals surface area contributed by atoms with Crippen LogP contribution in [0.25, 0.3) is 5.65 Å². The highest BCUT2D eigenvalue weighted by atomic mass is 16.4. The first-order valence-electron chi connectivity index (χ1n) is 9.66. The average molecular weight is 372 g/mol. The van der Waals surface area contributed by atoms with Crippen molar-refractivity contribution in [3.05, 3.63) is 18.3 Å². The van der Waals surface area contributed by atoms with Crippen molar-refractivity contribution in [2.24, 2.45) is 17.3 Å². The van der Waals surface area contributed by atoms with Crippen LogP contribution in [0.5, 0.6) is 0 Å². The standard InChI is InChI=1S/C19H28N6O2/c1-19(2,14-10-24(11-14)18(26)27)9-13-5-7-23(8-6-13)15-3-4-16-21-17(20)22-25(16)12-15/h3-4,12-14H,5-11H2,1-2H3,(H2,20,22)(H,26,27). The Morgan fingerprint density at radius 2 is 2.00 bits per heavy atom. The summed E-state index contributed by atoms with van der Waals surface area (Å²) in [6.45, 7) is 8.02. The molecule has 3 N–H and O–H groups in total. The summed E-state index contributed by atoms with van der Waals surface area (Å²) in [5.74, 6) is 1.47. The van der Waals surface area contributed by atoms with Crippen LogP contribution in [0.3, 0.4) is 0 Å². The van der Waals surface area contributed by atoms with Gasteiger partial charge in [0, 0.05) is 26.2 Å². The number of nitrogens with zero attached hydrogens (tertiary/aromatic N) is 5. The number of carbonyl (C=O) groups is 1. The lowest BCUT2D eigenvalue weighted by molar-refractivity contribution is 0.00871. The molecule has 4 heterocycles. The minimum Gasteiger partial charge on any atom is -0.465 e. The molecule has 4 rings (SSSR count). The summed E-state index contributed by atoms with van der Waals surface area (Å²) in [5.41, 5.74) is 7.78. The van der Waals surface area contributed by atoms with Crippen LogP contribution in [0.15, 0.2) is 18.3 Å². The highest BCUT2D eigenvalue weighted by Gasteiger charge is 2.42. The Balaban J connectivity index is 1.32. The number of pyridine rings is 1. The van der Waals surface area contributed by atoms with Gasteiger partial charge in [-0.2, -0.15) is 4.98 Å². The van der Waals surface area contributed by atoms with Gasteiger partial charge >= 0.3 is 6.09 Å². The van der Waals surface area contributed by atoms with Gasteiger partial charge in [0.2, 0.25) is 5.95 Å². The molecule has 0 atom stereocenters. The lowest BCUT2D eigenvalue weighted by Crippen LogP contribution is -2.55. The van der Waals surface area contributed by atoms with Gasteiger partial charge in [0.15, 0.2) is 5.65 Å². The Bertz CT molecular complexity index is 834. The van der Waals surface area contributed by atoms with E-state index < -0.39 is 6.09 Å². The van der Waals surface area contributed by atoms with Crippen molar-refractivity contribution in [2.45, 2.75) is 33.1 Å². The Kier molecular flexibility index (Phi) is 4.36. The molecule has 2 aromatic rings. The van der Waals surface area contributed by atoms with Crippen molar-refractivity contribution >= 4 is 23.4 Å². The highest BCUT2D eigenvalue weighted by molar-refractivity contribution is 5.66. The van der Waals surface area contributed by atoms with Crippen LogP contribution in [0, 0.1) is 17.3 Å². The van der Waals surface area contributed by atoms with E-state index in [2.05, 4.69) is 34.9 Å². The molecule has 2 fully saturated rings. The number of hydrogen-bond acceptors (Lipinski definition) is 5. The van der Waals surface area contributed by atoms with Crippen LogP contribution in [0.1, 0.15) is 33.1 Å². The number of nitrogen functional groups attached to an aromatic ring is 1. The number of anilines is 2. The van der Waals surface area contributed by atoms with Gasteiger partial charge in [-0.25, -0.2) is 9.31 Å². The van der Waals surface area contributed by atoms with E-state index in [1.165, 1.54) is 4.90 Å². The molecule has 0 bridgehead atoms. The second kappa shape index (κ2) is 6.58. The number of hydrogen-bond donors (Lipinski definition) is 2. The summed E-state index contributed by atoms with van der Waals surface area (Å²) in [7, 11) is 0. The van der Waals surface area contributed by atoms with Gasteiger partial charge in [-0.1, -0.05) is 13.8 Å². The second-order valence-corrected chi connectivity index (χ2v) is 8.67. The number of rotatable bonds is 4. The first-order valence-corrected chi connectivity index (χ1v) is 9.66. The Morgan fingerprint density at radius 1 is 1.30 bits per heavy atom. The SMILES string of the molecule is CC(C)(CC1CCN(c2ccc3nc(N)nn3c2)CC1)C1CN(C(=O)O)C1. The van der Waals surface area contributed by atoms with Crippen molar-refractivity contribution in [1.29, 1.82) is 0 Å². The van der Waals surface area contributed by atoms with Gasteiger partial charge in [0.05, 0.1) is 11.9 Å². The average Bonchev–Trinajstić information content (AvgIpc) is 2.92. The van der Waals surface area contributed by atoms with Crippen LogP contribution in [0.4, 0.5) is 16.4 Å². The molecule has 0 spiro atoms. The van der Waals surface area contributed by atoms with Crippen molar-refractivity contribution < 1.29 is 9.90 Å². The zero-order chi connectivity index (χ0) is 19.2. The normalized spacial score (nSPS) is 19.5. The van der Waals surface area contributed by atoms with Gasteiger partial charge in [-0.3, -0.25) is 0 Å². The number of fused-ring (bicyclic) bond motifs is 1. The van der Waals surface area contributed by atoms with E-state index in [1.807, 2.05) is 12.3 Å². The van der Waals surface area contributed by atoms with E-state index >= 15 is 0 Å². The van der Waals surface area contributed by atoms with Crippen LogP contribution < -0.4 is 10.6 Å². The molecule has 0 aromatic carbocycles. The highest BCUT2D eigenvalue weighted by Crippen LogP contribution is 2.41. The zero-order valence-electron chi connectivity index (χ0n) is 16.0. The maximum Gasteiger partial charge on any atom is 0.407 e. The lowest BCUT2D eigenvalue weighted by atomic mass is 9.68. The van der Waals surface area contributed by atoms with Gasteiger partial charge in [-0.15, -0.1) is 5.10 Å². The molecule has 0 aliphatic carbocycles. The summed E-state index contributed by atoms with van der Waals surface area (Å²) in [6, 6.07) is 4.04. The first-order chi connectivity index (χ1) is 12.8. The summed E-state index contributed by atoms with van der Waals surface area (Å²) < 4.78 is 1.74. The quantitative estimate of drug-likeness (QED) is 0.855. The molecule has 1 amide bonds. The Labute approximate surface area is 159 Å². The van der Waals surface area contributed by atoms with Crippen molar-refractivity contribution in [3.63, 3.8) is 0 Å². The molecule has 2 aromatic heterocycles. The number of aromatic nitrogens is 3. The van der Waals surface area contributed by atoms with E-state index in [1.54, 1.807) is 4.52 Å². The number of carboxylic acid groups (broad SMARTS) is 1. The summed E-state index contributed by atoms with van der Waals surface area (Å²) in [6.07, 6.45) is 4.70. The molecule has 27 heavy (non-hydrogen) atoms. The molecule has 2 aliphatic heterocycles. The molecular weight excluding hydrogens is 344 g/mol. The fourth-order valence-electron chi connectivity index (χ4n) is 4.51. The third-order valence-electron chi connectivity index (χ3n) is 6.38. The van der Waals surface area contributed by atoms with Crippen molar-refractivity contribution in [1.82, 2.24) is 19.5 Å². The maximum atomic E-state index is 11.0. The predicted octanol–water partition coefficient (Wildman–Crippen LogP) is 2.55. The van der Waals surface area contributed by atoms with Gasteiger partial charge < -0.3 is 20.6 Å². The van der Waals surface area contributed by atoms with E-state index in [0.717, 1.165) is 43.7 Å². The lowest BCUT2D eigenvalue weighted by Gasteiger charge is -2.48. The summed E-state index contributed by atoms with van der Waals surface area (Å²) >= 11 is 0. The predicted molar refractivity (Wildman–Crippen MR) is 104 cm³/mol. The van der Waals surface area contributed by atoms with Crippen LogP contribution in [-0.4, -0.2) is 56.9 Å². The van der Waals surface area contributed by atoms with E-state index in [4.69, 9.17) is 10.8 Å².